The molecule has 8 heteroatoms. The summed E-state index contributed by atoms with van der Waals surface area (Å²) in [7, 11) is 1.64. The molecule has 1 amide bonds. The predicted molar refractivity (Wildman–Crippen MR) is 132 cm³/mol. The molecule has 8 nitrogen and oxygen atoms in total. The van der Waals surface area contributed by atoms with E-state index in [0.717, 1.165) is 11.3 Å². The number of carbonyl (C=O) groups is 1. The number of ether oxygens (including phenoxy) is 4. The second kappa shape index (κ2) is 12.1. The van der Waals surface area contributed by atoms with Gasteiger partial charge in [0.2, 0.25) is 12.7 Å². The molecule has 0 spiro atoms. The normalized spacial score (nSPS) is 12.1. The minimum Gasteiger partial charge on any atom is -0.489 e. The molecule has 0 fully saturated rings. The lowest BCUT2D eigenvalue weighted by molar-refractivity contribution is -0.120. The fraction of sp³-hybridized carbons (Fsp3) is 0.296. The third kappa shape index (κ3) is 6.44. The summed E-state index contributed by atoms with van der Waals surface area (Å²) in [5.41, 5.74) is 1.59. The molecule has 1 aliphatic heterocycles. The van der Waals surface area contributed by atoms with Gasteiger partial charge in [-0.3, -0.25) is 9.69 Å². The highest BCUT2D eigenvalue weighted by Gasteiger charge is 2.24. The van der Waals surface area contributed by atoms with Gasteiger partial charge in [0.15, 0.2) is 11.5 Å². The summed E-state index contributed by atoms with van der Waals surface area (Å²) in [4.78, 5) is 17.5. The number of hydrogen-bond donors (Lipinski definition) is 0. The molecule has 35 heavy (non-hydrogen) atoms. The standard InChI is InChI=1S/C27H30N2O6/c1-3-13-33-24-9-5-4-7-21(24)17-29(22-10-11-25-26(16-22)35-20-34-25)27(30)19-28(12-15-31-2)18-23-8-6-14-32-23/h3-11,14,16H,1,12-13,15,17-20H2,2H3. The highest BCUT2D eigenvalue weighted by atomic mass is 16.7. The first-order chi connectivity index (χ1) is 17.2. The van der Waals surface area contributed by atoms with Crippen molar-refractivity contribution in [3.63, 3.8) is 0 Å². The zero-order valence-electron chi connectivity index (χ0n) is 19.9. The van der Waals surface area contributed by atoms with Gasteiger partial charge in [0.1, 0.15) is 18.1 Å². The molecular weight excluding hydrogens is 448 g/mol. The molecule has 0 saturated carbocycles. The molecule has 184 valence electrons. The fourth-order valence-corrected chi connectivity index (χ4v) is 3.80. The van der Waals surface area contributed by atoms with Crippen molar-refractivity contribution < 1.29 is 28.2 Å². The number of fused-ring (bicyclic) bond motifs is 1. The summed E-state index contributed by atoms with van der Waals surface area (Å²) in [5, 5.41) is 0. The van der Waals surface area contributed by atoms with E-state index in [1.54, 1.807) is 24.3 Å². The van der Waals surface area contributed by atoms with Crippen LogP contribution in [-0.2, 0) is 22.6 Å². The number of nitrogens with zero attached hydrogens (tertiary/aromatic N) is 2. The van der Waals surface area contributed by atoms with Gasteiger partial charge in [-0.1, -0.05) is 30.9 Å². The molecule has 1 aromatic heterocycles. The Morgan fingerprint density at radius 2 is 1.94 bits per heavy atom. The number of amides is 1. The Kier molecular flexibility index (Phi) is 8.43. The van der Waals surface area contributed by atoms with Gasteiger partial charge in [-0.15, -0.1) is 0 Å². The van der Waals surface area contributed by atoms with Crippen LogP contribution in [0.2, 0.25) is 0 Å². The highest BCUT2D eigenvalue weighted by Crippen LogP contribution is 2.36. The molecule has 0 bridgehead atoms. The Labute approximate surface area is 205 Å². The second-order valence-electron chi connectivity index (χ2n) is 8.01. The predicted octanol–water partition coefficient (Wildman–Crippen LogP) is 4.25. The van der Waals surface area contributed by atoms with Gasteiger partial charge in [0, 0.05) is 31.0 Å². The van der Waals surface area contributed by atoms with Crippen molar-refractivity contribution in [3.8, 4) is 17.2 Å². The summed E-state index contributed by atoms with van der Waals surface area (Å²) in [6.07, 6.45) is 3.32. The molecule has 0 saturated heterocycles. The molecule has 0 aliphatic carbocycles. The second-order valence-corrected chi connectivity index (χ2v) is 8.01. The van der Waals surface area contributed by atoms with Gasteiger partial charge >= 0.3 is 0 Å². The SMILES string of the molecule is C=CCOc1ccccc1CN(C(=O)CN(CCOC)Cc1ccco1)c1ccc2c(c1)OCO2. The van der Waals surface area contributed by atoms with E-state index in [1.807, 2.05) is 59.5 Å². The van der Waals surface area contributed by atoms with E-state index in [9.17, 15) is 4.79 Å². The van der Waals surface area contributed by atoms with Crippen molar-refractivity contribution >= 4 is 11.6 Å². The number of para-hydroxylation sites is 1. The zero-order chi connectivity index (χ0) is 24.5. The van der Waals surface area contributed by atoms with E-state index >= 15 is 0 Å². The molecule has 0 atom stereocenters. The lowest BCUT2D eigenvalue weighted by atomic mass is 10.1. The van der Waals surface area contributed by atoms with Crippen molar-refractivity contribution in [1.82, 2.24) is 4.90 Å². The van der Waals surface area contributed by atoms with Gasteiger partial charge in [0.05, 0.1) is 32.5 Å². The van der Waals surface area contributed by atoms with E-state index in [0.29, 0.717) is 55.8 Å². The summed E-state index contributed by atoms with van der Waals surface area (Å²) in [6, 6.07) is 16.9. The van der Waals surface area contributed by atoms with Crippen molar-refractivity contribution in [3.05, 3.63) is 84.8 Å². The number of methoxy groups -OCH3 is 1. The first-order valence-electron chi connectivity index (χ1n) is 11.4. The van der Waals surface area contributed by atoms with Gasteiger partial charge in [-0.2, -0.15) is 0 Å². The molecule has 0 unspecified atom stereocenters. The van der Waals surface area contributed by atoms with E-state index < -0.39 is 0 Å². The molecule has 0 N–H and O–H groups in total. The number of hydrogen-bond acceptors (Lipinski definition) is 7. The van der Waals surface area contributed by atoms with E-state index in [2.05, 4.69) is 6.58 Å². The molecule has 1 aliphatic rings. The highest BCUT2D eigenvalue weighted by molar-refractivity contribution is 5.95. The van der Waals surface area contributed by atoms with Crippen molar-refractivity contribution in [1.29, 1.82) is 0 Å². The number of furan rings is 1. The molecule has 2 aromatic carbocycles. The monoisotopic (exact) mass is 478 g/mol. The Balaban J connectivity index is 1.60. The van der Waals surface area contributed by atoms with E-state index in [4.69, 9.17) is 23.4 Å². The first kappa shape index (κ1) is 24.4. The van der Waals surface area contributed by atoms with Gasteiger partial charge in [0.25, 0.3) is 0 Å². The maximum atomic E-state index is 13.8. The maximum absolute atomic E-state index is 13.8. The number of anilines is 1. The minimum absolute atomic E-state index is 0.0787. The minimum atomic E-state index is -0.0787. The van der Waals surface area contributed by atoms with Gasteiger partial charge < -0.3 is 28.3 Å². The van der Waals surface area contributed by atoms with Crippen LogP contribution in [0.5, 0.6) is 17.2 Å². The number of carbonyl (C=O) groups excluding carboxylic acids is 1. The van der Waals surface area contributed by atoms with Crippen molar-refractivity contribution in [2.24, 2.45) is 0 Å². The van der Waals surface area contributed by atoms with Crippen molar-refractivity contribution in [2.75, 3.05) is 45.1 Å². The number of rotatable bonds is 13. The lowest BCUT2D eigenvalue weighted by Gasteiger charge is -2.28. The average Bonchev–Trinajstić information content (AvgIpc) is 3.56. The van der Waals surface area contributed by atoms with Crippen molar-refractivity contribution in [2.45, 2.75) is 13.1 Å². The smallest absolute Gasteiger partial charge is 0.241 e. The Hall–Kier alpha value is -3.75. The third-order valence-corrected chi connectivity index (χ3v) is 5.56. The largest absolute Gasteiger partial charge is 0.489 e. The average molecular weight is 479 g/mol. The van der Waals surface area contributed by atoms with Crippen LogP contribution in [0.15, 0.2) is 77.9 Å². The van der Waals surface area contributed by atoms with Gasteiger partial charge in [-0.25, -0.2) is 0 Å². The van der Waals surface area contributed by atoms with E-state index in [1.165, 1.54) is 0 Å². The zero-order valence-corrected chi connectivity index (χ0v) is 19.9. The quantitative estimate of drug-likeness (QED) is 0.340. The summed E-state index contributed by atoms with van der Waals surface area (Å²) in [6.45, 7) is 6.34. The molecular formula is C27H30N2O6. The molecule has 3 aromatic rings. The molecule has 0 radical (unpaired) electrons. The molecule has 2 heterocycles. The first-order valence-corrected chi connectivity index (χ1v) is 11.4. The maximum Gasteiger partial charge on any atom is 0.241 e. The summed E-state index contributed by atoms with van der Waals surface area (Å²) in [5.74, 6) is 2.69. The third-order valence-electron chi connectivity index (χ3n) is 5.56. The topological polar surface area (TPSA) is 73.6 Å². The van der Waals surface area contributed by atoms with Gasteiger partial charge in [-0.05, 0) is 30.3 Å². The van der Waals surface area contributed by atoms with E-state index in [-0.39, 0.29) is 19.2 Å². The van der Waals surface area contributed by atoms with Crippen LogP contribution >= 0.6 is 0 Å². The van der Waals surface area contributed by atoms with Crippen LogP contribution in [0.4, 0.5) is 5.69 Å². The van der Waals surface area contributed by atoms with Crippen LogP contribution in [-0.4, -0.2) is 51.0 Å². The molecule has 4 rings (SSSR count). The van der Waals surface area contributed by atoms with Crippen LogP contribution in [0.3, 0.4) is 0 Å². The Morgan fingerprint density at radius 1 is 1.09 bits per heavy atom. The lowest BCUT2D eigenvalue weighted by Crippen LogP contribution is -2.41. The number of benzene rings is 2. The van der Waals surface area contributed by atoms with Crippen LogP contribution in [0.1, 0.15) is 11.3 Å². The summed E-state index contributed by atoms with van der Waals surface area (Å²) >= 11 is 0. The van der Waals surface area contributed by atoms with Crippen LogP contribution < -0.4 is 19.1 Å². The Bertz CT molecular complexity index is 1110. The Morgan fingerprint density at radius 3 is 2.74 bits per heavy atom. The van der Waals surface area contributed by atoms with Crippen LogP contribution in [0.25, 0.3) is 0 Å². The fourth-order valence-electron chi connectivity index (χ4n) is 3.80. The summed E-state index contributed by atoms with van der Waals surface area (Å²) < 4.78 is 27.6. The van der Waals surface area contributed by atoms with Crippen LogP contribution in [0, 0.1) is 0 Å².